The fourth-order valence-corrected chi connectivity index (χ4v) is 2.36. The fourth-order valence-electron chi connectivity index (χ4n) is 2.36. The Bertz CT molecular complexity index is 742. The van der Waals surface area contributed by atoms with Crippen LogP contribution in [-0.4, -0.2) is 32.2 Å². The average Bonchev–Trinajstić information content (AvgIpc) is 2.67. The van der Waals surface area contributed by atoms with Crippen molar-refractivity contribution in [3.63, 3.8) is 0 Å². The molecule has 1 amide bonds. The van der Waals surface area contributed by atoms with Crippen molar-refractivity contribution in [2.75, 3.05) is 14.2 Å². The predicted octanol–water partition coefficient (Wildman–Crippen LogP) is 2.49. The van der Waals surface area contributed by atoms with E-state index in [-0.39, 0.29) is 18.3 Å². The monoisotopic (exact) mass is 357 g/mol. The van der Waals surface area contributed by atoms with Crippen molar-refractivity contribution >= 4 is 11.9 Å². The van der Waals surface area contributed by atoms with Crippen molar-refractivity contribution in [2.45, 2.75) is 26.0 Å². The van der Waals surface area contributed by atoms with Crippen LogP contribution in [0.1, 0.15) is 18.1 Å². The van der Waals surface area contributed by atoms with Gasteiger partial charge in [0.15, 0.2) is 6.10 Å². The number of esters is 1. The van der Waals surface area contributed by atoms with Gasteiger partial charge in [-0.1, -0.05) is 30.3 Å². The molecule has 0 saturated carbocycles. The molecule has 26 heavy (non-hydrogen) atoms. The summed E-state index contributed by atoms with van der Waals surface area (Å²) in [6.45, 7) is 2.04. The van der Waals surface area contributed by atoms with E-state index in [1.165, 1.54) is 7.11 Å². The molecule has 1 N–H and O–H groups in total. The van der Waals surface area contributed by atoms with Crippen LogP contribution in [0.5, 0.6) is 11.5 Å². The number of hydrogen-bond donors (Lipinski definition) is 1. The van der Waals surface area contributed by atoms with Crippen LogP contribution in [0.2, 0.25) is 0 Å². The molecular formula is C20H23NO5. The maximum Gasteiger partial charge on any atom is 0.309 e. The number of rotatable bonds is 8. The Kier molecular flexibility index (Phi) is 7.02. The minimum Gasteiger partial charge on any atom is -0.496 e. The zero-order chi connectivity index (χ0) is 18.9. The maximum absolute atomic E-state index is 12.2. The van der Waals surface area contributed by atoms with Gasteiger partial charge in [0.2, 0.25) is 0 Å². The third kappa shape index (κ3) is 5.51. The van der Waals surface area contributed by atoms with E-state index >= 15 is 0 Å². The third-order valence-electron chi connectivity index (χ3n) is 3.83. The molecule has 6 nitrogen and oxygen atoms in total. The molecule has 0 bridgehead atoms. The Morgan fingerprint density at radius 3 is 2.38 bits per heavy atom. The van der Waals surface area contributed by atoms with Crippen LogP contribution in [0.15, 0.2) is 48.5 Å². The standard InChI is InChI=1S/C20H23NO5/c1-14(20(23)21-13-16-6-4-5-7-18(16)24-2)26-17-10-8-15(9-11-17)12-19(22)25-3/h4-11,14H,12-13H2,1-3H3,(H,21,23)/t14-/m0/s1. The second kappa shape index (κ2) is 9.46. The highest BCUT2D eigenvalue weighted by Crippen LogP contribution is 2.17. The molecule has 0 saturated heterocycles. The Morgan fingerprint density at radius 1 is 1.04 bits per heavy atom. The smallest absolute Gasteiger partial charge is 0.309 e. The summed E-state index contributed by atoms with van der Waals surface area (Å²) in [5, 5.41) is 2.83. The number of carbonyl (C=O) groups excluding carboxylic acids is 2. The summed E-state index contributed by atoms with van der Waals surface area (Å²) in [5.74, 6) is 0.749. The molecule has 2 aromatic rings. The molecule has 2 aromatic carbocycles. The zero-order valence-corrected chi connectivity index (χ0v) is 15.2. The van der Waals surface area contributed by atoms with E-state index in [1.807, 2.05) is 24.3 Å². The number of methoxy groups -OCH3 is 2. The highest BCUT2D eigenvalue weighted by Gasteiger charge is 2.15. The average molecular weight is 357 g/mol. The molecule has 0 spiro atoms. The van der Waals surface area contributed by atoms with Gasteiger partial charge >= 0.3 is 5.97 Å². The van der Waals surface area contributed by atoms with Gasteiger partial charge in [-0.25, -0.2) is 0 Å². The van der Waals surface area contributed by atoms with Crippen LogP contribution >= 0.6 is 0 Å². The minimum absolute atomic E-state index is 0.200. The van der Waals surface area contributed by atoms with E-state index in [1.54, 1.807) is 38.3 Å². The Hall–Kier alpha value is -3.02. The molecule has 0 radical (unpaired) electrons. The zero-order valence-electron chi connectivity index (χ0n) is 15.2. The van der Waals surface area contributed by atoms with Crippen molar-refractivity contribution in [2.24, 2.45) is 0 Å². The molecule has 0 fully saturated rings. The largest absolute Gasteiger partial charge is 0.496 e. The van der Waals surface area contributed by atoms with Gasteiger partial charge in [0, 0.05) is 12.1 Å². The van der Waals surface area contributed by atoms with Crippen LogP contribution in [0.25, 0.3) is 0 Å². The van der Waals surface area contributed by atoms with Gasteiger partial charge in [0.1, 0.15) is 11.5 Å². The van der Waals surface area contributed by atoms with Gasteiger partial charge in [-0.05, 0) is 30.7 Å². The first kappa shape index (κ1) is 19.3. The number of carbonyl (C=O) groups is 2. The highest BCUT2D eigenvalue weighted by atomic mass is 16.5. The summed E-state index contributed by atoms with van der Waals surface area (Å²) in [6.07, 6.45) is -0.456. The lowest BCUT2D eigenvalue weighted by atomic mass is 10.1. The molecule has 0 heterocycles. The van der Waals surface area contributed by atoms with E-state index in [0.29, 0.717) is 12.3 Å². The van der Waals surface area contributed by atoms with Crippen LogP contribution < -0.4 is 14.8 Å². The topological polar surface area (TPSA) is 73.9 Å². The normalized spacial score (nSPS) is 11.3. The molecule has 138 valence electrons. The summed E-state index contributed by atoms with van der Waals surface area (Å²) in [6, 6.07) is 14.5. The lowest BCUT2D eigenvalue weighted by Gasteiger charge is -2.16. The second-order valence-electron chi connectivity index (χ2n) is 5.69. The summed E-state index contributed by atoms with van der Waals surface area (Å²) < 4.78 is 15.5. The van der Waals surface area contributed by atoms with Gasteiger partial charge < -0.3 is 19.5 Å². The van der Waals surface area contributed by atoms with E-state index in [9.17, 15) is 9.59 Å². The van der Waals surface area contributed by atoms with Crippen LogP contribution in [0.4, 0.5) is 0 Å². The van der Waals surface area contributed by atoms with Gasteiger partial charge in [-0.15, -0.1) is 0 Å². The highest BCUT2D eigenvalue weighted by molar-refractivity contribution is 5.80. The van der Waals surface area contributed by atoms with E-state index in [0.717, 1.165) is 16.9 Å². The molecule has 1 atom stereocenters. The summed E-state index contributed by atoms with van der Waals surface area (Å²) in [4.78, 5) is 23.5. The number of benzene rings is 2. The molecule has 0 aliphatic heterocycles. The maximum atomic E-state index is 12.2. The summed E-state index contributed by atoms with van der Waals surface area (Å²) >= 11 is 0. The molecular weight excluding hydrogens is 334 g/mol. The molecule has 0 aromatic heterocycles. The molecule has 0 unspecified atom stereocenters. The lowest BCUT2D eigenvalue weighted by molar-refractivity contribution is -0.139. The summed E-state index contributed by atoms with van der Waals surface area (Å²) in [5.41, 5.74) is 1.71. The Labute approximate surface area is 153 Å². The minimum atomic E-state index is -0.656. The first-order chi connectivity index (χ1) is 12.5. The Morgan fingerprint density at radius 2 is 1.73 bits per heavy atom. The van der Waals surface area contributed by atoms with Crippen LogP contribution in [0.3, 0.4) is 0 Å². The number of hydrogen-bond acceptors (Lipinski definition) is 5. The van der Waals surface area contributed by atoms with E-state index < -0.39 is 6.10 Å². The van der Waals surface area contributed by atoms with Crippen LogP contribution in [0, 0.1) is 0 Å². The van der Waals surface area contributed by atoms with Crippen LogP contribution in [-0.2, 0) is 27.3 Å². The van der Waals surface area contributed by atoms with Crippen molar-refractivity contribution in [1.82, 2.24) is 5.32 Å². The van der Waals surface area contributed by atoms with E-state index in [2.05, 4.69) is 10.1 Å². The number of ether oxygens (including phenoxy) is 3. The molecule has 6 heteroatoms. The quantitative estimate of drug-likeness (QED) is 0.735. The molecule has 0 aliphatic carbocycles. The number of amides is 1. The number of nitrogens with one attached hydrogen (secondary N) is 1. The molecule has 0 aliphatic rings. The van der Waals surface area contributed by atoms with Crippen molar-refractivity contribution in [1.29, 1.82) is 0 Å². The molecule has 2 rings (SSSR count). The van der Waals surface area contributed by atoms with Gasteiger partial charge in [0.25, 0.3) is 5.91 Å². The van der Waals surface area contributed by atoms with Gasteiger partial charge in [-0.2, -0.15) is 0 Å². The number of para-hydroxylation sites is 1. The van der Waals surface area contributed by atoms with Crippen molar-refractivity contribution in [3.8, 4) is 11.5 Å². The first-order valence-corrected chi connectivity index (χ1v) is 8.25. The van der Waals surface area contributed by atoms with Crippen molar-refractivity contribution in [3.05, 3.63) is 59.7 Å². The fraction of sp³-hybridized carbons (Fsp3) is 0.300. The Balaban J connectivity index is 1.87. The summed E-state index contributed by atoms with van der Waals surface area (Å²) in [7, 11) is 2.95. The van der Waals surface area contributed by atoms with Crippen molar-refractivity contribution < 1.29 is 23.8 Å². The van der Waals surface area contributed by atoms with Gasteiger partial charge in [0.05, 0.1) is 20.6 Å². The second-order valence-corrected chi connectivity index (χ2v) is 5.69. The predicted molar refractivity (Wildman–Crippen MR) is 97.1 cm³/mol. The van der Waals surface area contributed by atoms with Gasteiger partial charge in [-0.3, -0.25) is 9.59 Å². The van der Waals surface area contributed by atoms with E-state index in [4.69, 9.17) is 9.47 Å². The first-order valence-electron chi connectivity index (χ1n) is 8.25. The third-order valence-corrected chi connectivity index (χ3v) is 3.83. The SMILES string of the molecule is COC(=O)Cc1ccc(O[C@@H](C)C(=O)NCc2ccccc2OC)cc1. The lowest BCUT2D eigenvalue weighted by Crippen LogP contribution is -2.35.